The first kappa shape index (κ1) is 22.0. The van der Waals surface area contributed by atoms with Crippen molar-refractivity contribution in [2.45, 2.75) is 45.9 Å². The molecular formula is C24H33N3O3. The number of ether oxygens (including phenoxy) is 3. The van der Waals surface area contributed by atoms with Gasteiger partial charge in [0.05, 0.1) is 19.8 Å². The minimum absolute atomic E-state index is 0.202. The fourth-order valence-electron chi connectivity index (χ4n) is 3.36. The average molecular weight is 412 g/mol. The monoisotopic (exact) mass is 411 g/mol. The van der Waals surface area contributed by atoms with Gasteiger partial charge in [-0.05, 0) is 56.0 Å². The van der Waals surface area contributed by atoms with Gasteiger partial charge in [-0.15, -0.1) is 0 Å². The summed E-state index contributed by atoms with van der Waals surface area (Å²) in [6.45, 7) is 7.57. The van der Waals surface area contributed by atoms with E-state index >= 15 is 0 Å². The highest BCUT2D eigenvalue weighted by Crippen LogP contribution is 2.22. The summed E-state index contributed by atoms with van der Waals surface area (Å²) in [5, 5.41) is 6.73. The third kappa shape index (κ3) is 6.66. The minimum atomic E-state index is 0.202. The van der Waals surface area contributed by atoms with Crippen LogP contribution in [0.1, 0.15) is 36.5 Å². The Labute approximate surface area is 179 Å². The standard InChI is InChI=1S/C24H33N3O3/c1-4-25-24(26-15-19-7-5-8-21(14-19)28-3)27-16-20-11-10-18(2)13-23(20)30-17-22-9-6-12-29-22/h5,7-8,10-11,13-14,22H,4,6,9,12,15-17H2,1-3H3,(H2,25,26,27). The maximum atomic E-state index is 6.11. The molecule has 2 aromatic rings. The van der Waals surface area contributed by atoms with E-state index in [1.807, 2.05) is 24.3 Å². The Morgan fingerprint density at radius 3 is 2.87 bits per heavy atom. The molecule has 30 heavy (non-hydrogen) atoms. The molecule has 1 fully saturated rings. The first-order chi connectivity index (χ1) is 14.7. The summed E-state index contributed by atoms with van der Waals surface area (Å²) in [6.07, 6.45) is 2.39. The number of nitrogens with one attached hydrogen (secondary N) is 2. The van der Waals surface area contributed by atoms with Crippen LogP contribution in [0.15, 0.2) is 47.5 Å². The Bertz CT molecular complexity index is 832. The van der Waals surface area contributed by atoms with Crippen molar-refractivity contribution in [3.63, 3.8) is 0 Å². The molecule has 3 rings (SSSR count). The predicted octanol–water partition coefficient (Wildman–Crippen LogP) is 3.82. The molecule has 0 radical (unpaired) electrons. The van der Waals surface area contributed by atoms with E-state index in [9.17, 15) is 0 Å². The van der Waals surface area contributed by atoms with E-state index in [0.29, 0.717) is 19.7 Å². The summed E-state index contributed by atoms with van der Waals surface area (Å²) in [7, 11) is 1.67. The first-order valence-corrected chi connectivity index (χ1v) is 10.7. The molecule has 0 aromatic heterocycles. The fourth-order valence-corrected chi connectivity index (χ4v) is 3.36. The van der Waals surface area contributed by atoms with Crippen molar-refractivity contribution in [3.8, 4) is 11.5 Å². The maximum absolute atomic E-state index is 6.11. The van der Waals surface area contributed by atoms with Gasteiger partial charge in [0.2, 0.25) is 0 Å². The van der Waals surface area contributed by atoms with E-state index in [1.165, 1.54) is 5.56 Å². The third-order valence-corrected chi connectivity index (χ3v) is 5.02. The Balaban J connectivity index is 1.63. The number of hydrogen-bond donors (Lipinski definition) is 2. The van der Waals surface area contributed by atoms with Crippen LogP contribution in [0.25, 0.3) is 0 Å². The molecule has 0 bridgehead atoms. The molecule has 1 saturated heterocycles. The van der Waals surface area contributed by atoms with Gasteiger partial charge >= 0.3 is 0 Å². The summed E-state index contributed by atoms with van der Waals surface area (Å²) in [4.78, 5) is 4.71. The van der Waals surface area contributed by atoms with Gasteiger partial charge in [0.25, 0.3) is 0 Å². The molecule has 2 N–H and O–H groups in total. The van der Waals surface area contributed by atoms with Gasteiger partial charge in [0.1, 0.15) is 18.1 Å². The van der Waals surface area contributed by atoms with E-state index in [2.05, 4.69) is 42.7 Å². The number of aliphatic imine (C=N–C) groups is 1. The molecule has 0 amide bonds. The lowest BCUT2D eigenvalue weighted by molar-refractivity contribution is 0.0676. The van der Waals surface area contributed by atoms with Gasteiger partial charge in [-0.2, -0.15) is 0 Å². The lowest BCUT2D eigenvalue weighted by Crippen LogP contribution is -2.36. The van der Waals surface area contributed by atoms with Gasteiger partial charge in [0, 0.05) is 25.3 Å². The molecule has 0 spiro atoms. The van der Waals surface area contributed by atoms with Crippen LogP contribution in [0.4, 0.5) is 0 Å². The lowest BCUT2D eigenvalue weighted by Gasteiger charge is -2.17. The normalized spacial score (nSPS) is 16.4. The SMILES string of the molecule is CCNC(=NCc1cccc(OC)c1)NCc1ccc(C)cc1OCC1CCCO1. The van der Waals surface area contributed by atoms with E-state index < -0.39 is 0 Å². The number of hydrogen-bond acceptors (Lipinski definition) is 4. The largest absolute Gasteiger partial charge is 0.497 e. The van der Waals surface area contributed by atoms with Crippen LogP contribution in [0.3, 0.4) is 0 Å². The maximum Gasteiger partial charge on any atom is 0.191 e. The summed E-state index contributed by atoms with van der Waals surface area (Å²) < 4.78 is 17.1. The summed E-state index contributed by atoms with van der Waals surface area (Å²) in [5.41, 5.74) is 3.38. The van der Waals surface area contributed by atoms with Crippen LogP contribution in [-0.4, -0.2) is 38.9 Å². The second-order valence-electron chi connectivity index (χ2n) is 7.46. The third-order valence-electron chi connectivity index (χ3n) is 5.02. The highest BCUT2D eigenvalue weighted by molar-refractivity contribution is 5.79. The summed E-state index contributed by atoms with van der Waals surface area (Å²) >= 11 is 0. The molecule has 1 aliphatic heterocycles. The Kier molecular flexibility index (Phi) is 8.39. The molecule has 2 aromatic carbocycles. The van der Waals surface area contributed by atoms with Crippen molar-refractivity contribution >= 4 is 5.96 Å². The zero-order chi connectivity index (χ0) is 21.2. The van der Waals surface area contributed by atoms with Gasteiger partial charge in [-0.1, -0.05) is 24.3 Å². The number of nitrogens with zero attached hydrogens (tertiary/aromatic N) is 1. The first-order valence-electron chi connectivity index (χ1n) is 10.7. The fraction of sp³-hybridized carbons (Fsp3) is 0.458. The molecule has 162 valence electrons. The number of methoxy groups -OCH3 is 1. The molecule has 0 aliphatic carbocycles. The minimum Gasteiger partial charge on any atom is -0.497 e. The summed E-state index contributed by atoms with van der Waals surface area (Å²) in [6, 6.07) is 14.3. The molecule has 1 unspecified atom stereocenters. The number of aryl methyl sites for hydroxylation is 1. The highest BCUT2D eigenvalue weighted by atomic mass is 16.5. The Hall–Kier alpha value is -2.73. The van der Waals surface area contributed by atoms with Crippen molar-refractivity contribution in [1.29, 1.82) is 0 Å². The zero-order valence-electron chi connectivity index (χ0n) is 18.2. The van der Waals surface area contributed by atoms with Crippen LogP contribution in [0, 0.1) is 6.92 Å². The number of guanidine groups is 1. The second kappa shape index (κ2) is 11.5. The molecular weight excluding hydrogens is 378 g/mol. The van der Waals surface area contributed by atoms with Crippen molar-refractivity contribution in [2.24, 2.45) is 4.99 Å². The van der Waals surface area contributed by atoms with Gasteiger partial charge in [0.15, 0.2) is 5.96 Å². The quantitative estimate of drug-likeness (QED) is 0.485. The van der Waals surface area contributed by atoms with Crippen LogP contribution < -0.4 is 20.1 Å². The molecule has 6 heteroatoms. The Morgan fingerprint density at radius 2 is 2.10 bits per heavy atom. The highest BCUT2D eigenvalue weighted by Gasteiger charge is 2.17. The smallest absolute Gasteiger partial charge is 0.191 e. The molecule has 1 atom stereocenters. The van der Waals surface area contributed by atoms with Crippen LogP contribution in [0.2, 0.25) is 0 Å². The van der Waals surface area contributed by atoms with Crippen molar-refractivity contribution in [2.75, 3.05) is 26.9 Å². The average Bonchev–Trinajstić information content (AvgIpc) is 3.29. The van der Waals surface area contributed by atoms with Gasteiger partial charge in [-0.3, -0.25) is 0 Å². The lowest BCUT2D eigenvalue weighted by atomic mass is 10.1. The topological polar surface area (TPSA) is 64.1 Å². The predicted molar refractivity (Wildman–Crippen MR) is 120 cm³/mol. The van der Waals surface area contributed by atoms with Crippen LogP contribution >= 0.6 is 0 Å². The van der Waals surface area contributed by atoms with Crippen molar-refractivity contribution in [3.05, 3.63) is 59.2 Å². The van der Waals surface area contributed by atoms with E-state index in [-0.39, 0.29) is 6.10 Å². The van der Waals surface area contributed by atoms with Crippen LogP contribution in [0.5, 0.6) is 11.5 Å². The van der Waals surface area contributed by atoms with Crippen molar-refractivity contribution < 1.29 is 14.2 Å². The molecule has 6 nitrogen and oxygen atoms in total. The van der Waals surface area contributed by atoms with Gasteiger partial charge < -0.3 is 24.8 Å². The molecule has 1 aliphatic rings. The van der Waals surface area contributed by atoms with E-state index in [4.69, 9.17) is 19.2 Å². The molecule has 0 saturated carbocycles. The second-order valence-corrected chi connectivity index (χ2v) is 7.46. The zero-order valence-corrected chi connectivity index (χ0v) is 18.2. The van der Waals surface area contributed by atoms with Crippen molar-refractivity contribution in [1.82, 2.24) is 10.6 Å². The number of benzene rings is 2. The van der Waals surface area contributed by atoms with E-state index in [0.717, 1.165) is 54.6 Å². The Morgan fingerprint density at radius 1 is 1.20 bits per heavy atom. The summed E-state index contributed by atoms with van der Waals surface area (Å²) in [5.74, 6) is 2.51. The van der Waals surface area contributed by atoms with E-state index in [1.54, 1.807) is 7.11 Å². The number of rotatable bonds is 9. The van der Waals surface area contributed by atoms with Crippen LogP contribution in [-0.2, 0) is 17.8 Å². The molecule has 1 heterocycles. The van der Waals surface area contributed by atoms with Gasteiger partial charge in [-0.25, -0.2) is 4.99 Å².